The molecule has 0 aliphatic carbocycles. The maximum Gasteiger partial charge on any atom is 0.335 e. The van der Waals surface area contributed by atoms with Crippen molar-refractivity contribution in [2.45, 2.75) is 19.9 Å². The van der Waals surface area contributed by atoms with Gasteiger partial charge in [-0.1, -0.05) is 30.3 Å². The standard InChI is InChI=1S/C17H19NO2/c1-11-4-5-15(10-12(11)2)16(18-3)13-6-8-14(9-7-13)17(19)20/h4-10,16,18H,1-3H3,(H,19,20). The first-order valence-corrected chi connectivity index (χ1v) is 6.60. The Hall–Kier alpha value is -2.13. The summed E-state index contributed by atoms with van der Waals surface area (Å²) < 4.78 is 0. The predicted molar refractivity (Wildman–Crippen MR) is 80.2 cm³/mol. The van der Waals surface area contributed by atoms with E-state index in [0.29, 0.717) is 5.56 Å². The average molecular weight is 269 g/mol. The summed E-state index contributed by atoms with van der Waals surface area (Å²) >= 11 is 0. The third-order valence-electron chi connectivity index (χ3n) is 3.64. The Labute approximate surface area is 119 Å². The van der Waals surface area contributed by atoms with Crippen LogP contribution in [0.2, 0.25) is 0 Å². The van der Waals surface area contributed by atoms with Gasteiger partial charge in [-0.15, -0.1) is 0 Å². The molecular weight excluding hydrogens is 250 g/mol. The summed E-state index contributed by atoms with van der Waals surface area (Å²) in [6, 6.07) is 13.5. The van der Waals surface area contributed by atoms with Crippen LogP contribution in [0, 0.1) is 13.8 Å². The first-order chi connectivity index (χ1) is 9.52. The lowest BCUT2D eigenvalue weighted by Crippen LogP contribution is -2.18. The van der Waals surface area contributed by atoms with Gasteiger partial charge in [0, 0.05) is 0 Å². The van der Waals surface area contributed by atoms with Crippen molar-refractivity contribution in [1.82, 2.24) is 5.32 Å². The van der Waals surface area contributed by atoms with E-state index in [-0.39, 0.29) is 6.04 Å². The summed E-state index contributed by atoms with van der Waals surface area (Å²) in [6.07, 6.45) is 0. The van der Waals surface area contributed by atoms with Crippen molar-refractivity contribution in [3.8, 4) is 0 Å². The van der Waals surface area contributed by atoms with Gasteiger partial charge in [0.25, 0.3) is 0 Å². The minimum absolute atomic E-state index is 0.0668. The number of benzene rings is 2. The molecule has 3 nitrogen and oxygen atoms in total. The van der Waals surface area contributed by atoms with Crippen molar-refractivity contribution in [2.24, 2.45) is 0 Å². The Balaban J connectivity index is 2.36. The van der Waals surface area contributed by atoms with E-state index in [2.05, 4.69) is 37.4 Å². The molecule has 0 heterocycles. The normalized spacial score (nSPS) is 12.2. The number of aryl methyl sites for hydroxylation is 2. The van der Waals surface area contributed by atoms with E-state index in [9.17, 15) is 4.79 Å². The second-order valence-electron chi connectivity index (χ2n) is 4.99. The highest BCUT2D eigenvalue weighted by atomic mass is 16.4. The van der Waals surface area contributed by atoms with Crippen molar-refractivity contribution in [3.63, 3.8) is 0 Å². The summed E-state index contributed by atoms with van der Waals surface area (Å²) in [4.78, 5) is 10.9. The number of hydrogen-bond donors (Lipinski definition) is 2. The van der Waals surface area contributed by atoms with Crippen molar-refractivity contribution < 1.29 is 9.90 Å². The van der Waals surface area contributed by atoms with Crippen LogP contribution in [-0.2, 0) is 0 Å². The van der Waals surface area contributed by atoms with Gasteiger partial charge < -0.3 is 10.4 Å². The fraction of sp³-hybridized carbons (Fsp3) is 0.235. The fourth-order valence-corrected chi connectivity index (χ4v) is 2.29. The number of nitrogens with one attached hydrogen (secondary N) is 1. The van der Waals surface area contributed by atoms with E-state index in [1.807, 2.05) is 19.2 Å². The monoisotopic (exact) mass is 269 g/mol. The van der Waals surface area contributed by atoms with Gasteiger partial charge in [-0.3, -0.25) is 0 Å². The lowest BCUT2D eigenvalue weighted by atomic mass is 9.95. The van der Waals surface area contributed by atoms with Crippen LogP contribution < -0.4 is 5.32 Å². The molecule has 2 aromatic rings. The Bertz CT molecular complexity index is 617. The minimum Gasteiger partial charge on any atom is -0.478 e. The molecule has 1 atom stereocenters. The minimum atomic E-state index is -0.899. The molecule has 0 aromatic heterocycles. The molecule has 0 aliphatic heterocycles. The highest BCUT2D eigenvalue weighted by Crippen LogP contribution is 2.24. The lowest BCUT2D eigenvalue weighted by molar-refractivity contribution is 0.0697. The van der Waals surface area contributed by atoms with Gasteiger partial charge in [-0.05, 0) is 55.3 Å². The molecule has 3 heteroatoms. The molecule has 0 bridgehead atoms. The molecule has 0 aliphatic rings. The van der Waals surface area contributed by atoms with Gasteiger partial charge in [0.15, 0.2) is 0 Å². The largest absolute Gasteiger partial charge is 0.478 e. The second-order valence-corrected chi connectivity index (χ2v) is 4.99. The van der Waals surface area contributed by atoms with E-state index < -0.39 is 5.97 Å². The molecule has 2 rings (SSSR count). The first-order valence-electron chi connectivity index (χ1n) is 6.60. The fourth-order valence-electron chi connectivity index (χ4n) is 2.29. The maximum absolute atomic E-state index is 10.9. The molecule has 0 spiro atoms. The molecule has 20 heavy (non-hydrogen) atoms. The number of rotatable bonds is 4. The van der Waals surface area contributed by atoms with Gasteiger partial charge >= 0.3 is 5.97 Å². The van der Waals surface area contributed by atoms with Crippen LogP contribution in [0.4, 0.5) is 0 Å². The highest BCUT2D eigenvalue weighted by Gasteiger charge is 2.13. The molecule has 2 aromatic carbocycles. The lowest BCUT2D eigenvalue weighted by Gasteiger charge is -2.18. The van der Waals surface area contributed by atoms with Crippen LogP contribution in [0.15, 0.2) is 42.5 Å². The number of carboxylic acids is 1. The Morgan fingerprint density at radius 1 is 1.00 bits per heavy atom. The topological polar surface area (TPSA) is 49.3 Å². The number of hydrogen-bond acceptors (Lipinski definition) is 2. The van der Waals surface area contributed by atoms with Crippen molar-refractivity contribution in [2.75, 3.05) is 7.05 Å². The smallest absolute Gasteiger partial charge is 0.335 e. The summed E-state index contributed by atoms with van der Waals surface area (Å²) in [5.41, 5.74) is 5.07. The van der Waals surface area contributed by atoms with E-state index in [4.69, 9.17) is 5.11 Å². The predicted octanol–water partition coefficient (Wildman–Crippen LogP) is 3.31. The van der Waals surface area contributed by atoms with Gasteiger partial charge in [0.05, 0.1) is 11.6 Å². The molecule has 0 fully saturated rings. The van der Waals surface area contributed by atoms with Crippen LogP contribution >= 0.6 is 0 Å². The Morgan fingerprint density at radius 2 is 1.60 bits per heavy atom. The van der Waals surface area contributed by atoms with Crippen LogP contribution in [-0.4, -0.2) is 18.1 Å². The van der Waals surface area contributed by atoms with E-state index in [0.717, 1.165) is 5.56 Å². The third kappa shape index (κ3) is 2.89. The first kappa shape index (κ1) is 14.3. The Morgan fingerprint density at radius 3 is 2.10 bits per heavy atom. The molecule has 1 unspecified atom stereocenters. The van der Waals surface area contributed by atoms with Crippen LogP contribution in [0.3, 0.4) is 0 Å². The summed E-state index contributed by atoms with van der Waals surface area (Å²) in [5.74, 6) is -0.899. The number of carbonyl (C=O) groups is 1. The summed E-state index contributed by atoms with van der Waals surface area (Å²) in [5, 5.41) is 12.2. The molecule has 104 valence electrons. The van der Waals surface area contributed by atoms with E-state index in [1.165, 1.54) is 16.7 Å². The molecular formula is C17H19NO2. The zero-order chi connectivity index (χ0) is 14.7. The van der Waals surface area contributed by atoms with Crippen LogP contribution in [0.25, 0.3) is 0 Å². The Kier molecular flexibility index (Phi) is 4.20. The highest BCUT2D eigenvalue weighted by molar-refractivity contribution is 5.87. The van der Waals surface area contributed by atoms with Gasteiger partial charge in [0.2, 0.25) is 0 Å². The van der Waals surface area contributed by atoms with Crippen molar-refractivity contribution in [3.05, 3.63) is 70.3 Å². The molecule has 0 saturated carbocycles. The molecule has 0 amide bonds. The zero-order valence-corrected chi connectivity index (χ0v) is 12.0. The van der Waals surface area contributed by atoms with Gasteiger partial charge in [-0.2, -0.15) is 0 Å². The zero-order valence-electron chi connectivity index (χ0n) is 12.0. The summed E-state index contributed by atoms with van der Waals surface area (Å²) in [7, 11) is 1.91. The molecule has 0 saturated heterocycles. The van der Waals surface area contributed by atoms with Crippen molar-refractivity contribution in [1.29, 1.82) is 0 Å². The molecule has 0 radical (unpaired) electrons. The van der Waals surface area contributed by atoms with E-state index in [1.54, 1.807) is 12.1 Å². The SMILES string of the molecule is CNC(c1ccc(C(=O)O)cc1)c1ccc(C)c(C)c1. The molecule has 2 N–H and O–H groups in total. The van der Waals surface area contributed by atoms with Gasteiger partial charge in [0.1, 0.15) is 0 Å². The number of carboxylic acid groups (broad SMARTS) is 1. The number of aromatic carboxylic acids is 1. The third-order valence-corrected chi connectivity index (χ3v) is 3.64. The maximum atomic E-state index is 10.9. The summed E-state index contributed by atoms with van der Waals surface area (Å²) in [6.45, 7) is 4.19. The van der Waals surface area contributed by atoms with Crippen LogP contribution in [0.5, 0.6) is 0 Å². The van der Waals surface area contributed by atoms with E-state index >= 15 is 0 Å². The van der Waals surface area contributed by atoms with Crippen LogP contribution in [0.1, 0.15) is 38.7 Å². The average Bonchev–Trinajstić information content (AvgIpc) is 2.44. The quantitative estimate of drug-likeness (QED) is 0.895. The van der Waals surface area contributed by atoms with Gasteiger partial charge in [-0.25, -0.2) is 4.79 Å². The second kappa shape index (κ2) is 5.88. The van der Waals surface area contributed by atoms with Crippen molar-refractivity contribution >= 4 is 5.97 Å².